The van der Waals surface area contributed by atoms with Crippen LogP contribution in [-0.4, -0.2) is 54.5 Å². The van der Waals surface area contributed by atoms with Crippen LogP contribution in [0.2, 0.25) is 0 Å². The summed E-state index contributed by atoms with van der Waals surface area (Å²) in [7, 11) is 1.63. The molecule has 0 N–H and O–H groups in total. The van der Waals surface area contributed by atoms with Crippen LogP contribution in [0.5, 0.6) is 0 Å². The first-order chi connectivity index (χ1) is 13.3. The number of carbonyl (C=O) groups excluding carboxylic acids is 1. The van der Waals surface area contributed by atoms with E-state index in [1.165, 1.54) is 18.4 Å². The Kier molecular flexibility index (Phi) is 4.29. The van der Waals surface area contributed by atoms with Crippen LogP contribution in [-0.2, 0) is 11.3 Å². The van der Waals surface area contributed by atoms with E-state index in [-0.39, 0.29) is 5.91 Å². The first kappa shape index (κ1) is 17.0. The number of methoxy groups -OCH3 is 1. The molecule has 0 spiro atoms. The summed E-state index contributed by atoms with van der Waals surface area (Å²) in [4.78, 5) is 18.1. The van der Waals surface area contributed by atoms with Gasteiger partial charge in [0.1, 0.15) is 12.4 Å². The van der Waals surface area contributed by atoms with Gasteiger partial charge in [-0.05, 0) is 49.5 Å². The van der Waals surface area contributed by atoms with Crippen molar-refractivity contribution >= 4 is 5.91 Å². The number of furan rings is 1. The third-order valence-corrected chi connectivity index (χ3v) is 6.64. The predicted molar refractivity (Wildman–Crippen MR) is 102 cm³/mol. The zero-order valence-corrected chi connectivity index (χ0v) is 15.7. The molecule has 5 heteroatoms. The van der Waals surface area contributed by atoms with E-state index < -0.39 is 0 Å². The Labute approximate surface area is 159 Å². The second kappa shape index (κ2) is 6.80. The summed E-state index contributed by atoms with van der Waals surface area (Å²) in [6, 6.07) is 15.1. The first-order valence-electron chi connectivity index (χ1n) is 9.94. The minimum atomic E-state index is 0.0273. The van der Waals surface area contributed by atoms with Gasteiger partial charge < -0.3 is 14.1 Å². The third kappa shape index (κ3) is 2.80. The highest BCUT2D eigenvalue weighted by Gasteiger charge is 2.54. The van der Waals surface area contributed by atoms with Gasteiger partial charge in [-0.15, -0.1) is 0 Å². The number of amides is 1. The molecule has 0 aliphatic carbocycles. The molecule has 1 amide bonds. The number of likely N-dealkylation sites (tertiary alicyclic amines) is 1. The van der Waals surface area contributed by atoms with Crippen molar-refractivity contribution in [3.8, 4) is 0 Å². The Hall–Kier alpha value is -2.11. The maximum absolute atomic E-state index is 13.3. The minimum absolute atomic E-state index is 0.0273. The highest BCUT2D eigenvalue weighted by Crippen LogP contribution is 2.46. The molecule has 4 aliphatic heterocycles. The van der Waals surface area contributed by atoms with Crippen LogP contribution in [0.1, 0.15) is 40.6 Å². The van der Waals surface area contributed by atoms with Crippen LogP contribution in [0.3, 0.4) is 0 Å². The monoisotopic (exact) mass is 366 g/mol. The molecule has 6 rings (SSSR count). The molecule has 5 heterocycles. The van der Waals surface area contributed by atoms with E-state index >= 15 is 0 Å². The maximum atomic E-state index is 13.3. The number of rotatable bonds is 4. The van der Waals surface area contributed by atoms with Crippen LogP contribution in [0.25, 0.3) is 0 Å². The molecule has 4 fully saturated rings. The van der Waals surface area contributed by atoms with Crippen molar-refractivity contribution in [1.82, 2.24) is 9.80 Å². The molecule has 1 aromatic heterocycles. The molecule has 0 unspecified atom stereocenters. The van der Waals surface area contributed by atoms with Crippen molar-refractivity contribution < 1.29 is 13.9 Å². The summed E-state index contributed by atoms with van der Waals surface area (Å²) in [6.45, 7) is 3.49. The van der Waals surface area contributed by atoms with Gasteiger partial charge in [0.05, 0.1) is 6.04 Å². The molecule has 3 atom stereocenters. The van der Waals surface area contributed by atoms with Gasteiger partial charge in [0.2, 0.25) is 0 Å². The van der Waals surface area contributed by atoms with Gasteiger partial charge in [0, 0.05) is 25.6 Å². The van der Waals surface area contributed by atoms with Crippen molar-refractivity contribution in [2.24, 2.45) is 5.92 Å². The fourth-order valence-corrected chi connectivity index (χ4v) is 5.50. The lowest BCUT2D eigenvalue weighted by Gasteiger charge is -2.51. The van der Waals surface area contributed by atoms with Gasteiger partial charge in [-0.25, -0.2) is 0 Å². The summed E-state index contributed by atoms with van der Waals surface area (Å²) in [5.41, 5.74) is 1.34. The molecular formula is C22H26N2O3. The number of ether oxygens (including phenoxy) is 1. The number of carbonyl (C=O) groups is 1. The van der Waals surface area contributed by atoms with Gasteiger partial charge in [-0.3, -0.25) is 9.69 Å². The molecule has 0 radical (unpaired) electrons. The molecule has 4 aliphatic rings. The Balaban J connectivity index is 1.47. The lowest BCUT2D eigenvalue weighted by Crippen LogP contribution is -2.60. The predicted octanol–water partition coefficient (Wildman–Crippen LogP) is 3.13. The molecular weight excluding hydrogens is 340 g/mol. The standard InChI is InChI=1S/C22H26N2O3/c1-26-14-17-7-8-19(27-17)22(25)24-13-18(15-5-3-2-4-6-15)21-20(24)16-9-11-23(21)12-10-16/h2-8,16,18,20-21H,9-14H2,1H3/t18-,20+,21+/m1/s1. The zero-order valence-electron chi connectivity index (χ0n) is 15.7. The fraction of sp³-hybridized carbons (Fsp3) is 0.500. The lowest BCUT2D eigenvalue weighted by molar-refractivity contribution is -0.00439. The second-order valence-electron chi connectivity index (χ2n) is 8.03. The Morgan fingerprint density at radius 1 is 1.11 bits per heavy atom. The number of nitrogens with zero attached hydrogens (tertiary/aromatic N) is 2. The smallest absolute Gasteiger partial charge is 0.289 e. The summed E-state index contributed by atoms with van der Waals surface area (Å²) < 4.78 is 10.9. The molecule has 0 saturated carbocycles. The van der Waals surface area contributed by atoms with Crippen LogP contribution in [0, 0.1) is 5.92 Å². The van der Waals surface area contributed by atoms with Crippen LogP contribution >= 0.6 is 0 Å². The van der Waals surface area contributed by atoms with Crippen molar-refractivity contribution in [3.05, 3.63) is 59.5 Å². The highest BCUT2D eigenvalue weighted by molar-refractivity contribution is 5.92. The average molecular weight is 366 g/mol. The number of piperidine rings is 3. The second-order valence-corrected chi connectivity index (χ2v) is 8.03. The van der Waals surface area contributed by atoms with Crippen molar-refractivity contribution in [3.63, 3.8) is 0 Å². The average Bonchev–Trinajstić information content (AvgIpc) is 3.36. The van der Waals surface area contributed by atoms with E-state index in [0.717, 1.165) is 19.6 Å². The SMILES string of the molecule is COCc1ccc(C(=O)N2C[C@H](c3ccccc3)[C@H]3[C@@H]2C2CCN3CC2)o1. The van der Waals surface area contributed by atoms with E-state index in [9.17, 15) is 4.79 Å². The van der Waals surface area contributed by atoms with Crippen molar-refractivity contribution in [2.75, 3.05) is 26.7 Å². The molecule has 2 bridgehead atoms. The summed E-state index contributed by atoms with van der Waals surface area (Å²) in [5, 5.41) is 0. The highest BCUT2D eigenvalue weighted by atomic mass is 16.5. The van der Waals surface area contributed by atoms with Crippen LogP contribution < -0.4 is 0 Å². The summed E-state index contributed by atoms with van der Waals surface area (Å²) in [5.74, 6) is 2.14. The van der Waals surface area contributed by atoms with Crippen LogP contribution in [0.15, 0.2) is 46.9 Å². The van der Waals surface area contributed by atoms with E-state index in [1.807, 2.05) is 6.07 Å². The number of benzene rings is 1. The van der Waals surface area contributed by atoms with Crippen molar-refractivity contribution in [1.29, 1.82) is 0 Å². The fourth-order valence-electron chi connectivity index (χ4n) is 5.50. The van der Waals surface area contributed by atoms with E-state index in [2.05, 4.69) is 40.1 Å². The van der Waals surface area contributed by atoms with E-state index in [1.54, 1.807) is 13.2 Å². The maximum Gasteiger partial charge on any atom is 0.289 e. The quantitative estimate of drug-likeness (QED) is 0.834. The number of fused-ring (bicyclic) bond motifs is 2. The molecule has 1 aromatic carbocycles. The number of hydrogen-bond donors (Lipinski definition) is 0. The van der Waals surface area contributed by atoms with Gasteiger partial charge in [0.15, 0.2) is 5.76 Å². The molecule has 5 nitrogen and oxygen atoms in total. The van der Waals surface area contributed by atoms with Gasteiger partial charge >= 0.3 is 0 Å². The molecule has 27 heavy (non-hydrogen) atoms. The summed E-state index contributed by atoms with van der Waals surface area (Å²) >= 11 is 0. The van der Waals surface area contributed by atoms with Crippen LogP contribution in [0.4, 0.5) is 0 Å². The zero-order chi connectivity index (χ0) is 18.4. The normalized spacial score (nSPS) is 31.9. The van der Waals surface area contributed by atoms with Crippen molar-refractivity contribution in [2.45, 2.75) is 37.5 Å². The van der Waals surface area contributed by atoms with E-state index in [0.29, 0.717) is 42.0 Å². The Morgan fingerprint density at radius 2 is 1.89 bits per heavy atom. The molecule has 4 saturated heterocycles. The van der Waals surface area contributed by atoms with Gasteiger partial charge in [-0.2, -0.15) is 0 Å². The van der Waals surface area contributed by atoms with E-state index in [4.69, 9.17) is 9.15 Å². The number of hydrogen-bond acceptors (Lipinski definition) is 4. The van der Waals surface area contributed by atoms with Gasteiger partial charge in [0.25, 0.3) is 5.91 Å². The topological polar surface area (TPSA) is 45.9 Å². The first-order valence-corrected chi connectivity index (χ1v) is 9.94. The minimum Gasteiger partial charge on any atom is -0.453 e. The molecule has 142 valence electrons. The Bertz CT molecular complexity index is 810. The molecule has 2 aromatic rings. The third-order valence-electron chi connectivity index (χ3n) is 6.64. The lowest BCUT2D eigenvalue weighted by atomic mass is 9.75. The summed E-state index contributed by atoms with van der Waals surface area (Å²) in [6.07, 6.45) is 2.39. The Morgan fingerprint density at radius 3 is 2.63 bits per heavy atom. The van der Waals surface area contributed by atoms with Gasteiger partial charge in [-0.1, -0.05) is 30.3 Å². The largest absolute Gasteiger partial charge is 0.453 e.